The van der Waals surface area contributed by atoms with Gasteiger partial charge in [0, 0.05) is 25.2 Å². The Labute approximate surface area is 255 Å². The number of esters is 2. The van der Waals surface area contributed by atoms with Gasteiger partial charge in [0.25, 0.3) is 5.82 Å². The summed E-state index contributed by atoms with van der Waals surface area (Å²) in [5, 5.41) is 0. The van der Waals surface area contributed by atoms with Crippen molar-refractivity contribution in [2.75, 3.05) is 36.1 Å². The standard InChI is InChI=1S/C31H33F6N4O4/c1-5-38-22-14-12-20(28(42)44-18-30(32,33)34)16-24(22)40(7-3)26(38)10-9-11-27-39(6-2)23-15-13-21(17-25(23)41(27)8-4)29(43)45-19-31(35,36)37/h9-17H,5-8,18-19H2,1-4H3/q+1. The molecule has 45 heavy (non-hydrogen) atoms. The van der Waals surface area contributed by atoms with E-state index in [0.717, 1.165) is 22.8 Å². The molecule has 8 nitrogen and oxygen atoms in total. The zero-order chi connectivity index (χ0) is 33.1. The Morgan fingerprint density at radius 1 is 0.778 bits per heavy atom. The minimum Gasteiger partial charge on any atom is -0.452 e. The van der Waals surface area contributed by atoms with Gasteiger partial charge >= 0.3 is 24.3 Å². The van der Waals surface area contributed by atoms with Crippen LogP contribution in [-0.4, -0.2) is 55.2 Å². The monoisotopic (exact) mass is 639 g/mol. The fourth-order valence-corrected chi connectivity index (χ4v) is 5.35. The maximum atomic E-state index is 12.6. The number of alkyl halides is 6. The fourth-order valence-electron chi connectivity index (χ4n) is 5.35. The summed E-state index contributed by atoms with van der Waals surface area (Å²) in [5.74, 6) is -0.576. The summed E-state index contributed by atoms with van der Waals surface area (Å²) in [5.41, 5.74) is 2.86. The number of aryl methyl sites for hydroxylation is 2. The van der Waals surface area contributed by atoms with Crippen LogP contribution in [0.2, 0.25) is 0 Å². The molecule has 0 N–H and O–H groups in total. The number of carbonyl (C=O) groups is 2. The van der Waals surface area contributed by atoms with Gasteiger partial charge < -0.3 is 19.3 Å². The molecule has 1 aliphatic heterocycles. The minimum atomic E-state index is -4.63. The van der Waals surface area contributed by atoms with Crippen LogP contribution in [0.4, 0.5) is 37.7 Å². The largest absolute Gasteiger partial charge is 0.452 e. The van der Waals surface area contributed by atoms with E-state index < -0.39 is 37.5 Å². The van der Waals surface area contributed by atoms with Gasteiger partial charge in [-0.1, -0.05) is 6.08 Å². The smallest absolute Gasteiger partial charge is 0.422 e. The molecule has 0 saturated carbocycles. The topological polar surface area (TPSA) is 67.9 Å². The Morgan fingerprint density at radius 3 is 1.87 bits per heavy atom. The number of nitrogens with zero attached hydrogens (tertiary/aromatic N) is 4. The quantitative estimate of drug-likeness (QED) is 0.141. The van der Waals surface area contributed by atoms with Crippen molar-refractivity contribution in [2.45, 2.75) is 53.1 Å². The molecule has 0 amide bonds. The van der Waals surface area contributed by atoms with Crippen molar-refractivity contribution in [1.82, 2.24) is 4.57 Å². The van der Waals surface area contributed by atoms with Gasteiger partial charge in [-0.3, -0.25) is 0 Å². The molecule has 2 aromatic carbocycles. The zero-order valence-electron chi connectivity index (χ0n) is 25.1. The molecule has 0 saturated heterocycles. The van der Waals surface area contributed by atoms with Crippen molar-refractivity contribution in [2.24, 2.45) is 0 Å². The van der Waals surface area contributed by atoms with E-state index in [0.29, 0.717) is 37.4 Å². The first kappa shape index (κ1) is 33.4. The van der Waals surface area contributed by atoms with Crippen LogP contribution >= 0.6 is 0 Å². The average Bonchev–Trinajstić information content (AvgIpc) is 3.47. The van der Waals surface area contributed by atoms with Gasteiger partial charge in [0.2, 0.25) is 0 Å². The van der Waals surface area contributed by atoms with Gasteiger partial charge in [0.15, 0.2) is 24.2 Å². The molecular weight excluding hydrogens is 606 g/mol. The zero-order valence-corrected chi connectivity index (χ0v) is 25.1. The van der Waals surface area contributed by atoms with Gasteiger partial charge in [-0.2, -0.15) is 26.3 Å². The highest BCUT2D eigenvalue weighted by molar-refractivity contribution is 5.95. The van der Waals surface area contributed by atoms with Gasteiger partial charge in [0.1, 0.15) is 5.82 Å². The SMILES string of the molecule is CCN1C(=CC=Cc2n(CC)c3cc(C(=O)OCC(F)(F)F)ccc3[n+]2CC)N(CC)c2cc(C(=O)OCC(F)(F)F)ccc21. The molecule has 1 aliphatic rings. The minimum absolute atomic E-state index is 0.00223. The summed E-state index contributed by atoms with van der Waals surface area (Å²) < 4.78 is 88.2. The third kappa shape index (κ3) is 7.26. The number of rotatable bonds is 10. The van der Waals surface area contributed by atoms with Crippen LogP contribution in [-0.2, 0) is 22.6 Å². The van der Waals surface area contributed by atoms with Crippen LogP contribution < -0.4 is 14.4 Å². The Kier molecular flexibility index (Phi) is 9.83. The lowest BCUT2D eigenvalue weighted by molar-refractivity contribution is -0.670. The highest BCUT2D eigenvalue weighted by Crippen LogP contribution is 2.42. The predicted octanol–water partition coefficient (Wildman–Crippen LogP) is 6.63. The molecule has 14 heteroatoms. The molecular formula is C31H33F6N4O4+. The van der Waals surface area contributed by atoms with E-state index in [1.54, 1.807) is 12.1 Å². The lowest BCUT2D eigenvalue weighted by Crippen LogP contribution is -2.35. The molecule has 0 unspecified atom stereocenters. The Balaban J connectivity index is 1.67. The molecule has 1 aromatic heterocycles. The van der Waals surface area contributed by atoms with Crippen LogP contribution in [0.15, 0.2) is 54.4 Å². The summed E-state index contributed by atoms with van der Waals surface area (Å²) >= 11 is 0. The molecule has 4 rings (SSSR count). The molecule has 3 aromatic rings. The van der Waals surface area contributed by atoms with E-state index in [4.69, 9.17) is 0 Å². The number of hydrogen-bond acceptors (Lipinski definition) is 6. The van der Waals surface area contributed by atoms with E-state index in [1.807, 2.05) is 64.9 Å². The highest BCUT2D eigenvalue weighted by Gasteiger charge is 2.33. The Hall–Kier alpha value is -4.49. The molecule has 0 spiro atoms. The van der Waals surface area contributed by atoms with E-state index in [2.05, 4.69) is 9.47 Å². The summed E-state index contributed by atoms with van der Waals surface area (Å²) in [4.78, 5) is 28.6. The molecule has 0 bridgehead atoms. The number of halogens is 6. The molecule has 2 heterocycles. The van der Waals surface area contributed by atoms with Crippen LogP contribution in [0.1, 0.15) is 54.2 Å². The van der Waals surface area contributed by atoms with Crippen molar-refractivity contribution in [3.63, 3.8) is 0 Å². The number of imidazole rings is 1. The van der Waals surface area contributed by atoms with E-state index in [1.165, 1.54) is 24.3 Å². The Morgan fingerprint density at radius 2 is 1.33 bits per heavy atom. The second-order valence-electron chi connectivity index (χ2n) is 10.0. The third-order valence-corrected chi connectivity index (χ3v) is 7.18. The highest BCUT2D eigenvalue weighted by atomic mass is 19.4. The number of hydrogen-bond donors (Lipinski definition) is 0. The third-order valence-electron chi connectivity index (χ3n) is 7.18. The van der Waals surface area contributed by atoms with Crippen molar-refractivity contribution >= 4 is 40.4 Å². The average molecular weight is 640 g/mol. The number of benzene rings is 2. The molecule has 242 valence electrons. The van der Waals surface area contributed by atoms with Crippen molar-refractivity contribution in [3.05, 3.63) is 71.3 Å². The van der Waals surface area contributed by atoms with E-state index in [-0.39, 0.29) is 11.1 Å². The number of aromatic nitrogens is 2. The van der Waals surface area contributed by atoms with Crippen molar-refractivity contribution in [1.29, 1.82) is 0 Å². The lowest BCUT2D eigenvalue weighted by Gasteiger charge is -2.23. The first-order valence-corrected chi connectivity index (χ1v) is 14.3. The summed E-state index contributed by atoms with van der Waals surface area (Å²) in [7, 11) is 0. The summed E-state index contributed by atoms with van der Waals surface area (Å²) in [6.07, 6.45) is -3.66. The van der Waals surface area contributed by atoms with Crippen molar-refractivity contribution in [3.8, 4) is 0 Å². The maximum absolute atomic E-state index is 12.6. The summed E-state index contributed by atoms with van der Waals surface area (Å²) in [6.45, 7) is 6.51. The molecule has 0 aliphatic carbocycles. The number of anilines is 2. The van der Waals surface area contributed by atoms with Gasteiger partial charge in [0.05, 0.1) is 35.6 Å². The van der Waals surface area contributed by atoms with Gasteiger partial charge in [-0.25, -0.2) is 18.7 Å². The molecule has 0 atom stereocenters. The maximum Gasteiger partial charge on any atom is 0.422 e. The normalized spacial score (nSPS) is 14.6. The lowest BCUT2D eigenvalue weighted by atomic mass is 10.1. The van der Waals surface area contributed by atoms with Crippen LogP contribution in [0.25, 0.3) is 17.1 Å². The van der Waals surface area contributed by atoms with E-state index >= 15 is 0 Å². The number of ether oxygens (including phenoxy) is 2. The van der Waals surface area contributed by atoms with E-state index in [9.17, 15) is 35.9 Å². The Bertz CT molecular complexity index is 1640. The van der Waals surface area contributed by atoms with Crippen LogP contribution in [0.5, 0.6) is 0 Å². The van der Waals surface area contributed by atoms with Gasteiger partial charge in [-0.05, 0) is 64.1 Å². The van der Waals surface area contributed by atoms with Crippen LogP contribution in [0.3, 0.4) is 0 Å². The summed E-state index contributed by atoms with van der Waals surface area (Å²) in [6, 6.07) is 9.25. The molecule has 0 radical (unpaired) electrons. The number of fused-ring (bicyclic) bond motifs is 2. The second kappa shape index (κ2) is 13.2. The first-order valence-electron chi connectivity index (χ1n) is 14.3. The van der Waals surface area contributed by atoms with Crippen molar-refractivity contribution < 1.29 is 50.0 Å². The van der Waals surface area contributed by atoms with Crippen LogP contribution in [0, 0.1) is 0 Å². The first-order chi connectivity index (χ1) is 21.2. The number of carbonyl (C=O) groups excluding carboxylic acids is 2. The molecule has 0 fully saturated rings. The second-order valence-corrected chi connectivity index (χ2v) is 10.0. The fraction of sp³-hybridized carbons (Fsp3) is 0.387. The van der Waals surface area contributed by atoms with Gasteiger partial charge in [-0.15, -0.1) is 0 Å². The number of allylic oxidation sites excluding steroid dienone is 2. The predicted molar refractivity (Wildman–Crippen MR) is 156 cm³/mol.